The molecule has 2 rings (SSSR count). The maximum atomic E-state index is 10.5. The van der Waals surface area contributed by atoms with Gasteiger partial charge >= 0.3 is 0 Å². The number of benzene rings is 1. The lowest BCUT2D eigenvalue weighted by atomic mass is 10.2. The Morgan fingerprint density at radius 3 is 1.83 bits per heavy atom. The molecule has 1 fully saturated rings. The Kier molecular flexibility index (Phi) is 7.77. The van der Waals surface area contributed by atoms with Crippen LogP contribution in [-0.4, -0.2) is 31.5 Å². The van der Waals surface area contributed by atoms with Crippen molar-refractivity contribution >= 4 is 10.1 Å². The molecule has 0 atom stereocenters. The van der Waals surface area contributed by atoms with Crippen molar-refractivity contribution in [1.29, 1.82) is 0 Å². The molecule has 0 aliphatic carbocycles. The number of nitrogens with one attached hydrogen (secondary N) is 1. The largest absolute Gasteiger partial charge is 0.412 e. The van der Waals surface area contributed by atoms with Gasteiger partial charge in [-0.2, -0.15) is 8.42 Å². The van der Waals surface area contributed by atoms with Crippen LogP contribution in [0.4, 0.5) is 0 Å². The van der Waals surface area contributed by atoms with Crippen molar-refractivity contribution in [1.82, 2.24) is 5.32 Å². The summed E-state index contributed by atoms with van der Waals surface area (Å²) in [5.74, 6) is 0. The average molecular weight is 275 g/mol. The van der Waals surface area contributed by atoms with Crippen LogP contribution in [0.25, 0.3) is 0 Å². The molecule has 0 bridgehead atoms. The van der Waals surface area contributed by atoms with Gasteiger partial charge in [-0.15, -0.1) is 0 Å². The summed E-state index contributed by atoms with van der Waals surface area (Å²) in [4.78, 5) is -0.0666. The Morgan fingerprint density at radius 1 is 1.06 bits per heavy atom. The number of hydrogen-bond acceptors (Lipinski definition) is 3. The SMILES string of the molecule is C1CCNCC1.Cc1ccc(S(=O)(=O)O)cc1.O. The van der Waals surface area contributed by atoms with Crippen LogP contribution < -0.4 is 5.32 Å². The van der Waals surface area contributed by atoms with Gasteiger partial charge in [0.2, 0.25) is 0 Å². The summed E-state index contributed by atoms with van der Waals surface area (Å²) in [6, 6.07) is 5.99. The summed E-state index contributed by atoms with van der Waals surface area (Å²) in [5.41, 5.74) is 0.956. The molecule has 0 saturated carbocycles. The molecule has 0 radical (unpaired) electrons. The normalized spacial score (nSPS) is 15.0. The van der Waals surface area contributed by atoms with E-state index in [2.05, 4.69) is 5.32 Å². The van der Waals surface area contributed by atoms with Crippen LogP contribution in [0.3, 0.4) is 0 Å². The van der Waals surface area contributed by atoms with Crippen LogP contribution in [0.2, 0.25) is 0 Å². The van der Waals surface area contributed by atoms with Crippen LogP contribution >= 0.6 is 0 Å². The van der Waals surface area contributed by atoms with Gasteiger partial charge in [-0.05, 0) is 45.0 Å². The number of aryl methyl sites for hydroxylation is 1. The van der Waals surface area contributed by atoms with Crippen molar-refractivity contribution in [2.75, 3.05) is 13.1 Å². The Labute approximate surface area is 108 Å². The van der Waals surface area contributed by atoms with Gasteiger partial charge < -0.3 is 10.8 Å². The molecule has 4 N–H and O–H groups in total. The van der Waals surface area contributed by atoms with Crippen molar-refractivity contribution in [3.63, 3.8) is 0 Å². The minimum absolute atomic E-state index is 0. The molecule has 1 aliphatic heterocycles. The van der Waals surface area contributed by atoms with E-state index in [4.69, 9.17) is 4.55 Å². The lowest BCUT2D eigenvalue weighted by Crippen LogP contribution is -2.21. The molecule has 0 unspecified atom stereocenters. The number of hydrogen-bond donors (Lipinski definition) is 2. The molecule has 0 amide bonds. The first kappa shape index (κ1) is 17.1. The molecule has 1 aromatic rings. The standard InChI is InChI=1S/C7H8O3S.C5H11N.H2O/c1-6-2-4-7(5-3-6)11(8,9)10;1-2-4-6-5-3-1;/h2-5H,1H3,(H,8,9,10);6H,1-5H2;1H2. The first-order valence-corrected chi connectivity index (χ1v) is 7.19. The van der Waals surface area contributed by atoms with Gasteiger partial charge in [-0.1, -0.05) is 24.1 Å². The van der Waals surface area contributed by atoms with Gasteiger partial charge in [0.15, 0.2) is 0 Å². The third-order valence-corrected chi connectivity index (χ3v) is 3.39. The second-order valence-corrected chi connectivity index (χ2v) is 5.52. The second kappa shape index (κ2) is 8.20. The Morgan fingerprint density at radius 2 is 1.56 bits per heavy atom. The molecule has 104 valence electrons. The van der Waals surface area contributed by atoms with E-state index in [1.807, 2.05) is 6.92 Å². The van der Waals surface area contributed by atoms with E-state index in [0.717, 1.165) is 5.56 Å². The Hall–Kier alpha value is -0.950. The van der Waals surface area contributed by atoms with Crippen LogP contribution in [0, 0.1) is 6.92 Å². The zero-order valence-corrected chi connectivity index (χ0v) is 11.3. The molecule has 0 aromatic heterocycles. The average Bonchev–Trinajstić information content (AvgIpc) is 2.31. The van der Waals surface area contributed by atoms with E-state index in [-0.39, 0.29) is 10.4 Å². The van der Waals surface area contributed by atoms with Crippen LogP contribution in [0.15, 0.2) is 29.2 Å². The van der Waals surface area contributed by atoms with Crippen molar-refractivity contribution in [3.05, 3.63) is 29.8 Å². The highest BCUT2D eigenvalue weighted by Crippen LogP contribution is 2.08. The summed E-state index contributed by atoms with van der Waals surface area (Å²) in [6.45, 7) is 4.34. The first-order chi connectivity index (χ1) is 8.00. The van der Waals surface area contributed by atoms with Crippen LogP contribution in [-0.2, 0) is 10.1 Å². The van der Waals surface area contributed by atoms with Crippen molar-refractivity contribution in [3.8, 4) is 0 Å². The molecule has 1 aliphatic rings. The summed E-state index contributed by atoms with van der Waals surface area (Å²) >= 11 is 0. The topological polar surface area (TPSA) is 97.9 Å². The monoisotopic (exact) mass is 275 g/mol. The van der Waals surface area contributed by atoms with E-state index >= 15 is 0 Å². The third-order valence-electron chi connectivity index (χ3n) is 2.53. The summed E-state index contributed by atoms with van der Waals surface area (Å²) in [6.07, 6.45) is 4.22. The van der Waals surface area contributed by atoms with Crippen molar-refractivity contribution in [2.45, 2.75) is 31.1 Å². The van der Waals surface area contributed by atoms with Gasteiger partial charge in [0.1, 0.15) is 0 Å². The highest BCUT2D eigenvalue weighted by atomic mass is 32.2. The van der Waals surface area contributed by atoms with E-state index in [9.17, 15) is 8.42 Å². The second-order valence-electron chi connectivity index (χ2n) is 4.10. The zero-order valence-electron chi connectivity index (χ0n) is 10.5. The molecule has 1 aromatic carbocycles. The fourth-order valence-electron chi connectivity index (χ4n) is 1.51. The molecule has 6 heteroatoms. The lowest BCUT2D eigenvalue weighted by molar-refractivity contribution is 0.483. The molecular weight excluding hydrogens is 254 g/mol. The molecule has 18 heavy (non-hydrogen) atoms. The van der Waals surface area contributed by atoms with Gasteiger partial charge in [0.25, 0.3) is 10.1 Å². The third kappa shape index (κ3) is 6.70. The maximum Gasteiger partial charge on any atom is 0.294 e. The fraction of sp³-hybridized carbons (Fsp3) is 0.500. The summed E-state index contributed by atoms with van der Waals surface area (Å²) in [5, 5.41) is 3.28. The van der Waals surface area contributed by atoms with E-state index < -0.39 is 10.1 Å². The number of piperidine rings is 1. The van der Waals surface area contributed by atoms with Crippen molar-refractivity contribution < 1.29 is 18.4 Å². The van der Waals surface area contributed by atoms with Gasteiger partial charge in [0, 0.05) is 0 Å². The van der Waals surface area contributed by atoms with Gasteiger partial charge in [-0.25, -0.2) is 0 Å². The quantitative estimate of drug-likeness (QED) is 0.752. The predicted octanol–water partition coefficient (Wildman–Crippen LogP) is 1.18. The molecule has 1 saturated heterocycles. The zero-order chi connectivity index (χ0) is 12.7. The molecular formula is C12H21NO4S. The fourth-order valence-corrected chi connectivity index (χ4v) is 1.99. The molecule has 5 nitrogen and oxygen atoms in total. The first-order valence-electron chi connectivity index (χ1n) is 5.75. The smallest absolute Gasteiger partial charge is 0.294 e. The summed E-state index contributed by atoms with van der Waals surface area (Å²) < 4.78 is 29.6. The van der Waals surface area contributed by atoms with Gasteiger partial charge in [-0.3, -0.25) is 4.55 Å². The Balaban J connectivity index is 0.000000352. The minimum atomic E-state index is -4.02. The lowest BCUT2D eigenvalue weighted by Gasteiger charge is -2.08. The maximum absolute atomic E-state index is 10.5. The predicted molar refractivity (Wildman–Crippen MR) is 71.3 cm³/mol. The molecule has 1 heterocycles. The number of rotatable bonds is 1. The van der Waals surface area contributed by atoms with Crippen LogP contribution in [0.1, 0.15) is 24.8 Å². The van der Waals surface area contributed by atoms with E-state index in [1.54, 1.807) is 12.1 Å². The highest BCUT2D eigenvalue weighted by molar-refractivity contribution is 7.85. The summed E-state index contributed by atoms with van der Waals surface area (Å²) in [7, 11) is -4.02. The van der Waals surface area contributed by atoms with E-state index in [0.29, 0.717) is 0 Å². The highest BCUT2D eigenvalue weighted by Gasteiger charge is 2.06. The Bertz CT molecular complexity index is 412. The van der Waals surface area contributed by atoms with Crippen molar-refractivity contribution in [2.24, 2.45) is 0 Å². The minimum Gasteiger partial charge on any atom is -0.412 e. The van der Waals surface area contributed by atoms with Crippen LogP contribution in [0.5, 0.6) is 0 Å². The van der Waals surface area contributed by atoms with Gasteiger partial charge in [0.05, 0.1) is 4.90 Å². The molecule has 0 spiro atoms. The van der Waals surface area contributed by atoms with E-state index in [1.165, 1.54) is 44.5 Å².